The van der Waals surface area contributed by atoms with Crippen LogP contribution in [0.2, 0.25) is 4.34 Å². The molecule has 96 valence electrons. The van der Waals surface area contributed by atoms with E-state index in [-0.39, 0.29) is 0 Å². The SMILES string of the molecule is CN(Cc1ccc(Cl)s1)CC1CCCC1CN. The van der Waals surface area contributed by atoms with E-state index in [0.717, 1.165) is 35.8 Å². The zero-order valence-corrected chi connectivity index (χ0v) is 11.9. The van der Waals surface area contributed by atoms with Gasteiger partial charge in [-0.05, 0) is 50.4 Å². The molecule has 1 saturated carbocycles. The van der Waals surface area contributed by atoms with E-state index in [9.17, 15) is 0 Å². The van der Waals surface area contributed by atoms with Gasteiger partial charge in [0.2, 0.25) is 0 Å². The highest BCUT2D eigenvalue weighted by Gasteiger charge is 2.26. The molecule has 0 radical (unpaired) electrons. The Bertz CT molecular complexity index is 353. The lowest BCUT2D eigenvalue weighted by atomic mass is 9.96. The Morgan fingerprint density at radius 2 is 2.18 bits per heavy atom. The van der Waals surface area contributed by atoms with Crippen LogP contribution in [0.5, 0.6) is 0 Å². The predicted molar refractivity (Wildman–Crippen MR) is 75.5 cm³/mol. The van der Waals surface area contributed by atoms with Gasteiger partial charge >= 0.3 is 0 Å². The normalized spacial score (nSPS) is 24.7. The van der Waals surface area contributed by atoms with Crippen LogP contribution in [0.4, 0.5) is 0 Å². The number of thiophene rings is 1. The van der Waals surface area contributed by atoms with E-state index in [1.807, 2.05) is 6.07 Å². The summed E-state index contributed by atoms with van der Waals surface area (Å²) in [6.07, 6.45) is 4.02. The van der Waals surface area contributed by atoms with E-state index < -0.39 is 0 Å². The topological polar surface area (TPSA) is 29.3 Å². The maximum Gasteiger partial charge on any atom is 0.0931 e. The lowest BCUT2D eigenvalue weighted by Gasteiger charge is -2.24. The molecule has 1 aliphatic rings. The van der Waals surface area contributed by atoms with Gasteiger partial charge in [-0.1, -0.05) is 18.0 Å². The van der Waals surface area contributed by atoms with Gasteiger partial charge < -0.3 is 10.6 Å². The summed E-state index contributed by atoms with van der Waals surface area (Å²) in [6.45, 7) is 3.02. The number of halogens is 1. The van der Waals surface area contributed by atoms with Crippen LogP contribution in [0.3, 0.4) is 0 Å². The molecule has 2 nitrogen and oxygen atoms in total. The van der Waals surface area contributed by atoms with Crippen LogP contribution in [0.15, 0.2) is 12.1 Å². The van der Waals surface area contributed by atoms with Crippen molar-refractivity contribution in [2.75, 3.05) is 20.1 Å². The summed E-state index contributed by atoms with van der Waals surface area (Å²) in [6, 6.07) is 4.10. The molecule has 1 heterocycles. The minimum absolute atomic E-state index is 0.740. The van der Waals surface area contributed by atoms with E-state index >= 15 is 0 Å². The number of nitrogens with two attached hydrogens (primary N) is 1. The molecule has 0 amide bonds. The van der Waals surface area contributed by atoms with Crippen LogP contribution in [-0.4, -0.2) is 25.0 Å². The molecule has 0 aromatic carbocycles. The van der Waals surface area contributed by atoms with Crippen LogP contribution in [0.1, 0.15) is 24.1 Å². The van der Waals surface area contributed by atoms with Crippen LogP contribution in [-0.2, 0) is 6.54 Å². The van der Waals surface area contributed by atoms with Crippen molar-refractivity contribution in [1.82, 2.24) is 4.90 Å². The van der Waals surface area contributed by atoms with Crippen LogP contribution < -0.4 is 5.73 Å². The third kappa shape index (κ3) is 3.68. The number of rotatable bonds is 5. The fourth-order valence-electron chi connectivity index (χ4n) is 2.83. The summed E-state index contributed by atoms with van der Waals surface area (Å²) in [7, 11) is 2.19. The molecular formula is C13H21ClN2S. The Hall–Kier alpha value is -0.0900. The summed E-state index contributed by atoms with van der Waals surface area (Å²) in [5.41, 5.74) is 5.82. The molecule has 0 saturated heterocycles. The van der Waals surface area contributed by atoms with Gasteiger partial charge in [0, 0.05) is 18.0 Å². The van der Waals surface area contributed by atoms with E-state index in [4.69, 9.17) is 17.3 Å². The van der Waals surface area contributed by atoms with E-state index in [1.165, 1.54) is 24.1 Å². The fourth-order valence-corrected chi connectivity index (χ4v) is 4.00. The lowest BCUT2D eigenvalue weighted by molar-refractivity contribution is 0.238. The second kappa shape index (κ2) is 6.19. The molecule has 1 aliphatic carbocycles. The van der Waals surface area contributed by atoms with Crippen molar-refractivity contribution in [3.05, 3.63) is 21.3 Å². The molecule has 4 heteroatoms. The fraction of sp³-hybridized carbons (Fsp3) is 0.692. The largest absolute Gasteiger partial charge is 0.330 e. The van der Waals surface area contributed by atoms with Gasteiger partial charge in [0.05, 0.1) is 4.34 Å². The first-order valence-electron chi connectivity index (χ1n) is 6.32. The zero-order valence-electron chi connectivity index (χ0n) is 10.4. The highest BCUT2D eigenvalue weighted by Crippen LogP contribution is 2.32. The van der Waals surface area contributed by atoms with Crippen molar-refractivity contribution >= 4 is 22.9 Å². The van der Waals surface area contributed by atoms with Crippen LogP contribution >= 0.6 is 22.9 Å². The molecular weight excluding hydrogens is 252 g/mol. The Labute approximate surface area is 113 Å². The molecule has 17 heavy (non-hydrogen) atoms. The highest BCUT2D eigenvalue weighted by atomic mass is 35.5. The van der Waals surface area contributed by atoms with E-state index in [2.05, 4.69) is 18.0 Å². The summed E-state index contributed by atoms with van der Waals surface area (Å²) in [5.74, 6) is 1.53. The average molecular weight is 273 g/mol. The van der Waals surface area contributed by atoms with E-state index in [1.54, 1.807) is 11.3 Å². The van der Waals surface area contributed by atoms with Crippen LogP contribution in [0.25, 0.3) is 0 Å². The summed E-state index contributed by atoms with van der Waals surface area (Å²) in [5, 5.41) is 0. The monoisotopic (exact) mass is 272 g/mol. The first-order valence-corrected chi connectivity index (χ1v) is 7.51. The summed E-state index contributed by atoms with van der Waals surface area (Å²) < 4.78 is 0.883. The maximum atomic E-state index is 5.94. The first kappa shape index (κ1) is 13.3. The molecule has 0 bridgehead atoms. The molecule has 2 unspecified atom stereocenters. The maximum absolute atomic E-state index is 5.94. The third-order valence-electron chi connectivity index (χ3n) is 3.72. The Morgan fingerprint density at radius 3 is 2.82 bits per heavy atom. The molecule has 0 aliphatic heterocycles. The van der Waals surface area contributed by atoms with Crippen molar-refractivity contribution < 1.29 is 0 Å². The number of hydrogen-bond acceptors (Lipinski definition) is 3. The molecule has 1 aromatic heterocycles. The zero-order chi connectivity index (χ0) is 12.3. The second-order valence-electron chi connectivity index (χ2n) is 5.09. The Kier molecular flexibility index (Phi) is 4.86. The standard InChI is InChI=1S/C13H21ClN2S/c1-16(9-12-5-6-13(14)17-12)8-11-4-2-3-10(11)7-15/h5-6,10-11H,2-4,7-9,15H2,1H3. The van der Waals surface area contributed by atoms with Gasteiger partial charge in [-0.15, -0.1) is 11.3 Å². The lowest BCUT2D eigenvalue weighted by Crippen LogP contribution is -2.30. The number of nitrogens with zero attached hydrogens (tertiary/aromatic N) is 1. The average Bonchev–Trinajstić information content (AvgIpc) is 2.87. The minimum atomic E-state index is 0.740. The second-order valence-corrected chi connectivity index (χ2v) is 6.89. The smallest absolute Gasteiger partial charge is 0.0931 e. The van der Waals surface area contributed by atoms with Gasteiger partial charge in [-0.2, -0.15) is 0 Å². The molecule has 1 fully saturated rings. The van der Waals surface area contributed by atoms with Gasteiger partial charge in [-0.25, -0.2) is 0 Å². The first-order chi connectivity index (χ1) is 8.19. The van der Waals surface area contributed by atoms with Crippen LogP contribution in [0, 0.1) is 11.8 Å². The predicted octanol–water partition coefficient (Wildman–Crippen LogP) is 3.21. The summed E-state index contributed by atoms with van der Waals surface area (Å²) >= 11 is 7.62. The van der Waals surface area contributed by atoms with Gasteiger partial charge in [0.15, 0.2) is 0 Å². The quantitative estimate of drug-likeness (QED) is 0.892. The van der Waals surface area contributed by atoms with Crippen molar-refractivity contribution in [1.29, 1.82) is 0 Å². The summed E-state index contributed by atoms with van der Waals surface area (Å²) in [4.78, 5) is 3.75. The highest BCUT2D eigenvalue weighted by molar-refractivity contribution is 7.16. The van der Waals surface area contributed by atoms with Crippen molar-refractivity contribution in [2.24, 2.45) is 17.6 Å². The Balaban J connectivity index is 1.82. The number of hydrogen-bond donors (Lipinski definition) is 1. The third-order valence-corrected chi connectivity index (χ3v) is 4.94. The minimum Gasteiger partial charge on any atom is -0.330 e. The van der Waals surface area contributed by atoms with Crippen molar-refractivity contribution in [2.45, 2.75) is 25.8 Å². The van der Waals surface area contributed by atoms with E-state index in [0.29, 0.717) is 0 Å². The molecule has 2 N–H and O–H groups in total. The molecule has 0 spiro atoms. The molecule has 2 rings (SSSR count). The van der Waals surface area contributed by atoms with Gasteiger partial charge in [0.1, 0.15) is 0 Å². The van der Waals surface area contributed by atoms with Crippen molar-refractivity contribution in [3.8, 4) is 0 Å². The van der Waals surface area contributed by atoms with Crippen molar-refractivity contribution in [3.63, 3.8) is 0 Å². The van der Waals surface area contributed by atoms with Gasteiger partial charge in [-0.3, -0.25) is 0 Å². The molecule has 2 atom stereocenters. The van der Waals surface area contributed by atoms with Gasteiger partial charge in [0.25, 0.3) is 0 Å². The molecule has 1 aromatic rings. The Morgan fingerprint density at radius 1 is 1.41 bits per heavy atom.